The van der Waals surface area contributed by atoms with E-state index in [4.69, 9.17) is 4.42 Å². The van der Waals surface area contributed by atoms with Crippen LogP contribution in [0.2, 0.25) is 0 Å². The van der Waals surface area contributed by atoms with Gasteiger partial charge in [-0.05, 0) is 36.9 Å². The molecule has 2 amide bonds. The summed E-state index contributed by atoms with van der Waals surface area (Å²) in [6.45, 7) is 2.42. The van der Waals surface area contributed by atoms with E-state index in [9.17, 15) is 9.59 Å². The number of carbonyl (C=O) groups excluding carboxylic acids is 2. The highest BCUT2D eigenvalue weighted by Crippen LogP contribution is 2.19. The van der Waals surface area contributed by atoms with Gasteiger partial charge in [0, 0.05) is 20.0 Å². The molecule has 118 valence electrons. The quantitative estimate of drug-likeness (QED) is 0.798. The Bertz CT molecular complexity index is 593. The zero-order valence-corrected chi connectivity index (χ0v) is 13.6. The van der Waals surface area contributed by atoms with Crippen molar-refractivity contribution in [1.82, 2.24) is 10.2 Å². The Hall–Kier alpha value is -2.08. The molecule has 0 spiro atoms. The molecule has 0 radical (unpaired) electrons. The summed E-state index contributed by atoms with van der Waals surface area (Å²) < 4.78 is 5.32. The fourth-order valence-electron chi connectivity index (χ4n) is 2.05. The van der Waals surface area contributed by atoms with Gasteiger partial charge < -0.3 is 14.6 Å². The molecule has 1 N–H and O–H groups in total. The third-order valence-corrected chi connectivity index (χ3v) is 4.40. The number of hydrogen-bond acceptors (Lipinski definition) is 4. The monoisotopic (exact) mass is 320 g/mol. The Balaban J connectivity index is 1.70. The average Bonchev–Trinajstić information content (AvgIpc) is 3.22. The van der Waals surface area contributed by atoms with E-state index in [1.807, 2.05) is 30.5 Å². The van der Waals surface area contributed by atoms with Crippen molar-refractivity contribution in [3.63, 3.8) is 0 Å². The molecule has 5 nitrogen and oxygen atoms in total. The van der Waals surface area contributed by atoms with Crippen LogP contribution in [-0.4, -0.2) is 30.3 Å². The van der Waals surface area contributed by atoms with E-state index >= 15 is 0 Å². The molecule has 1 atom stereocenters. The first-order valence-corrected chi connectivity index (χ1v) is 8.08. The molecule has 0 saturated heterocycles. The van der Waals surface area contributed by atoms with Crippen LogP contribution in [0.1, 0.15) is 41.2 Å². The molecule has 0 saturated carbocycles. The van der Waals surface area contributed by atoms with Crippen molar-refractivity contribution in [2.24, 2.45) is 0 Å². The first kappa shape index (κ1) is 16.3. The molecule has 1 unspecified atom stereocenters. The lowest BCUT2D eigenvalue weighted by molar-refractivity contribution is -0.132. The van der Waals surface area contributed by atoms with Gasteiger partial charge in [0.1, 0.15) is 5.76 Å². The van der Waals surface area contributed by atoms with Gasteiger partial charge in [0.25, 0.3) is 5.91 Å². The average molecular weight is 320 g/mol. The van der Waals surface area contributed by atoms with Gasteiger partial charge in [-0.3, -0.25) is 9.59 Å². The maximum atomic E-state index is 12.1. The van der Waals surface area contributed by atoms with E-state index in [0.29, 0.717) is 24.3 Å². The first-order chi connectivity index (χ1) is 10.6. The van der Waals surface area contributed by atoms with Crippen molar-refractivity contribution < 1.29 is 14.0 Å². The van der Waals surface area contributed by atoms with E-state index in [-0.39, 0.29) is 17.9 Å². The molecule has 0 aliphatic carbocycles. The molecule has 2 aromatic heterocycles. The number of nitrogens with one attached hydrogen (secondary N) is 1. The van der Waals surface area contributed by atoms with Crippen LogP contribution in [-0.2, 0) is 4.79 Å². The molecule has 2 aromatic rings. The van der Waals surface area contributed by atoms with E-state index in [1.165, 1.54) is 11.3 Å². The minimum atomic E-state index is -0.0943. The number of carbonyl (C=O) groups is 2. The van der Waals surface area contributed by atoms with E-state index in [0.717, 1.165) is 5.76 Å². The van der Waals surface area contributed by atoms with Gasteiger partial charge in [0.2, 0.25) is 5.91 Å². The summed E-state index contributed by atoms with van der Waals surface area (Å²) in [7, 11) is 1.76. The summed E-state index contributed by atoms with van der Waals surface area (Å²) in [5.41, 5.74) is 0. The molecule has 2 heterocycles. The maximum absolute atomic E-state index is 12.1. The summed E-state index contributed by atoms with van der Waals surface area (Å²) in [4.78, 5) is 26.2. The van der Waals surface area contributed by atoms with Crippen LogP contribution in [0.5, 0.6) is 0 Å². The summed E-state index contributed by atoms with van der Waals surface area (Å²) in [6, 6.07) is 7.20. The Morgan fingerprint density at radius 2 is 2.18 bits per heavy atom. The van der Waals surface area contributed by atoms with E-state index in [2.05, 4.69) is 5.32 Å². The second-order valence-electron chi connectivity index (χ2n) is 5.03. The van der Waals surface area contributed by atoms with Crippen molar-refractivity contribution in [1.29, 1.82) is 0 Å². The highest BCUT2D eigenvalue weighted by atomic mass is 32.1. The molecule has 0 fully saturated rings. The molecular formula is C16H20N2O3S. The zero-order chi connectivity index (χ0) is 15.9. The second-order valence-corrected chi connectivity index (χ2v) is 5.98. The van der Waals surface area contributed by atoms with Gasteiger partial charge in [-0.25, -0.2) is 0 Å². The molecule has 0 aliphatic rings. The van der Waals surface area contributed by atoms with E-state index in [1.54, 1.807) is 24.3 Å². The van der Waals surface area contributed by atoms with Crippen LogP contribution in [0.25, 0.3) is 0 Å². The highest BCUT2D eigenvalue weighted by Gasteiger charge is 2.18. The number of hydrogen-bond donors (Lipinski definition) is 1. The van der Waals surface area contributed by atoms with E-state index < -0.39 is 0 Å². The van der Waals surface area contributed by atoms with Crippen LogP contribution in [0.4, 0.5) is 0 Å². The van der Waals surface area contributed by atoms with Crippen LogP contribution in [0.3, 0.4) is 0 Å². The number of nitrogens with zero attached hydrogens (tertiary/aromatic N) is 1. The van der Waals surface area contributed by atoms with Gasteiger partial charge in [0.05, 0.1) is 17.2 Å². The molecule has 2 rings (SSSR count). The zero-order valence-electron chi connectivity index (χ0n) is 12.7. The minimum absolute atomic E-state index is 0.0364. The van der Waals surface area contributed by atoms with Gasteiger partial charge in [-0.2, -0.15) is 0 Å². The molecular weight excluding hydrogens is 300 g/mol. The van der Waals surface area contributed by atoms with Crippen LogP contribution in [0, 0.1) is 0 Å². The third kappa shape index (κ3) is 4.21. The fraction of sp³-hybridized carbons (Fsp3) is 0.375. The predicted octanol–water partition coefficient (Wildman–Crippen LogP) is 3.07. The third-order valence-electron chi connectivity index (χ3n) is 3.53. The predicted molar refractivity (Wildman–Crippen MR) is 85.8 cm³/mol. The lowest BCUT2D eigenvalue weighted by atomic mass is 10.2. The highest BCUT2D eigenvalue weighted by molar-refractivity contribution is 7.12. The molecule has 22 heavy (non-hydrogen) atoms. The Morgan fingerprint density at radius 3 is 2.82 bits per heavy atom. The summed E-state index contributed by atoms with van der Waals surface area (Å²) in [5.74, 6) is 0.718. The fourth-order valence-corrected chi connectivity index (χ4v) is 2.69. The molecule has 0 bridgehead atoms. The van der Waals surface area contributed by atoms with Crippen LogP contribution < -0.4 is 5.32 Å². The SMILES string of the molecule is CC(c1ccco1)N(C)C(=O)CCCNC(=O)c1cccs1. The van der Waals surface area contributed by atoms with Crippen LogP contribution in [0.15, 0.2) is 40.3 Å². The Morgan fingerprint density at radius 1 is 1.36 bits per heavy atom. The topological polar surface area (TPSA) is 62.6 Å². The molecule has 0 aromatic carbocycles. The molecule has 6 heteroatoms. The number of rotatable bonds is 7. The number of furan rings is 1. The largest absolute Gasteiger partial charge is 0.467 e. The summed E-state index contributed by atoms with van der Waals surface area (Å²) in [5, 5.41) is 4.68. The minimum Gasteiger partial charge on any atom is -0.467 e. The second kappa shape index (κ2) is 7.79. The number of thiophene rings is 1. The number of amides is 2. The van der Waals surface area contributed by atoms with Crippen molar-refractivity contribution >= 4 is 23.2 Å². The van der Waals surface area contributed by atoms with Crippen molar-refractivity contribution in [3.8, 4) is 0 Å². The van der Waals surface area contributed by atoms with Gasteiger partial charge in [0.15, 0.2) is 0 Å². The lowest BCUT2D eigenvalue weighted by Crippen LogP contribution is -2.30. The summed E-state index contributed by atoms with van der Waals surface area (Å²) in [6.07, 6.45) is 2.61. The smallest absolute Gasteiger partial charge is 0.261 e. The first-order valence-electron chi connectivity index (χ1n) is 7.20. The maximum Gasteiger partial charge on any atom is 0.261 e. The Kier molecular flexibility index (Phi) is 5.77. The normalized spacial score (nSPS) is 11.9. The summed E-state index contributed by atoms with van der Waals surface area (Å²) >= 11 is 1.41. The van der Waals surface area contributed by atoms with Gasteiger partial charge >= 0.3 is 0 Å². The van der Waals surface area contributed by atoms with Crippen LogP contribution >= 0.6 is 11.3 Å². The Labute approximate surface area is 133 Å². The van der Waals surface area contributed by atoms with Crippen molar-refractivity contribution in [2.75, 3.05) is 13.6 Å². The standard InChI is InChI=1S/C16H20N2O3S/c1-12(13-6-4-10-21-13)18(2)15(19)8-3-9-17-16(20)14-7-5-11-22-14/h4-7,10-12H,3,8-9H2,1-2H3,(H,17,20). The lowest BCUT2D eigenvalue weighted by Gasteiger charge is -2.23. The van der Waals surface area contributed by atoms with Crippen molar-refractivity contribution in [2.45, 2.75) is 25.8 Å². The van der Waals surface area contributed by atoms with Gasteiger partial charge in [-0.1, -0.05) is 6.07 Å². The van der Waals surface area contributed by atoms with Gasteiger partial charge in [-0.15, -0.1) is 11.3 Å². The van der Waals surface area contributed by atoms with Crippen molar-refractivity contribution in [3.05, 3.63) is 46.5 Å². The molecule has 0 aliphatic heterocycles.